The third-order valence-electron chi connectivity index (χ3n) is 2.50. The van der Waals surface area contributed by atoms with Gasteiger partial charge < -0.3 is 0 Å². The minimum absolute atomic E-state index is 0.0357. The zero-order chi connectivity index (χ0) is 13.3. The number of hydrogen-bond donors (Lipinski definition) is 0. The molecule has 0 radical (unpaired) electrons. The summed E-state index contributed by atoms with van der Waals surface area (Å²) in [4.78, 5) is 0. The average molecular weight is 308 g/mol. The Morgan fingerprint density at radius 2 is 1.56 bits per heavy atom. The second-order valence-corrected chi connectivity index (χ2v) is 4.85. The molecule has 0 aliphatic carbocycles. The third-order valence-corrected chi connectivity index (χ3v) is 3.57. The maximum absolute atomic E-state index is 13.0. The number of rotatable bonds is 2. The molecule has 2 aromatic rings. The van der Waals surface area contributed by atoms with Gasteiger partial charge in [-0.2, -0.15) is 0 Å². The number of benzene rings is 2. The number of halogens is 5. The maximum atomic E-state index is 13.0. The fraction of sp³-hybridized carbons (Fsp3) is 0.0769. The van der Waals surface area contributed by atoms with Crippen molar-refractivity contribution in [2.75, 3.05) is 0 Å². The molecule has 0 spiro atoms. The van der Waals surface area contributed by atoms with Crippen molar-refractivity contribution in [2.45, 2.75) is 6.43 Å². The highest BCUT2D eigenvalue weighted by Crippen LogP contribution is 2.37. The van der Waals surface area contributed by atoms with Crippen LogP contribution in [0.2, 0.25) is 15.1 Å². The van der Waals surface area contributed by atoms with Gasteiger partial charge in [0.2, 0.25) is 0 Å². The lowest BCUT2D eigenvalue weighted by Crippen LogP contribution is -1.91. The van der Waals surface area contributed by atoms with Crippen molar-refractivity contribution >= 4 is 34.8 Å². The predicted molar refractivity (Wildman–Crippen MR) is 71.9 cm³/mol. The highest BCUT2D eigenvalue weighted by Gasteiger charge is 2.18. The van der Waals surface area contributed by atoms with Crippen molar-refractivity contribution in [3.63, 3.8) is 0 Å². The van der Waals surface area contributed by atoms with Gasteiger partial charge in [0.25, 0.3) is 6.43 Å². The zero-order valence-electron chi connectivity index (χ0n) is 8.93. The number of alkyl halides is 2. The molecule has 2 rings (SSSR count). The van der Waals surface area contributed by atoms with Gasteiger partial charge in [0.1, 0.15) is 0 Å². The van der Waals surface area contributed by atoms with Crippen LogP contribution in [0.5, 0.6) is 0 Å². The standard InChI is InChI=1S/C13H7Cl3F2/c14-9-5-4-7(6-11(9)16)8-2-1-3-10(15)12(8)13(17)18/h1-6,13H. The Labute approximate surface area is 118 Å². The first kappa shape index (κ1) is 13.6. The van der Waals surface area contributed by atoms with Crippen molar-refractivity contribution in [2.24, 2.45) is 0 Å². The van der Waals surface area contributed by atoms with Crippen molar-refractivity contribution in [1.29, 1.82) is 0 Å². The van der Waals surface area contributed by atoms with Crippen LogP contribution in [0.4, 0.5) is 8.78 Å². The SMILES string of the molecule is FC(F)c1c(Cl)cccc1-c1ccc(Cl)c(Cl)c1. The van der Waals surface area contributed by atoms with Crippen molar-refractivity contribution < 1.29 is 8.78 Å². The van der Waals surface area contributed by atoms with Crippen LogP contribution in [-0.4, -0.2) is 0 Å². The van der Waals surface area contributed by atoms with E-state index in [0.717, 1.165) is 0 Å². The van der Waals surface area contributed by atoms with Crippen LogP contribution in [0, 0.1) is 0 Å². The molecule has 0 aliphatic rings. The van der Waals surface area contributed by atoms with E-state index in [1.807, 2.05) is 0 Å². The summed E-state index contributed by atoms with van der Waals surface area (Å²) in [5.74, 6) is 0. The van der Waals surface area contributed by atoms with Crippen LogP contribution >= 0.6 is 34.8 Å². The third kappa shape index (κ3) is 2.61. The summed E-state index contributed by atoms with van der Waals surface area (Å²) < 4.78 is 26.0. The largest absolute Gasteiger partial charge is 0.265 e. The van der Waals surface area contributed by atoms with E-state index < -0.39 is 6.43 Å². The Morgan fingerprint density at radius 3 is 2.17 bits per heavy atom. The lowest BCUT2D eigenvalue weighted by Gasteiger charge is -2.11. The summed E-state index contributed by atoms with van der Waals surface area (Å²) in [6.45, 7) is 0. The molecule has 94 valence electrons. The van der Waals surface area contributed by atoms with Gasteiger partial charge in [-0.05, 0) is 29.3 Å². The second kappa shape index (κ2) is 5.43. The highest BCUT2D eigenvalue weighted by atomic mass is 35.5. The van der Waals surface area contributed by atoms with Gasteiger partial charge in [-0.15, -0.1) is 0 Å². The van der Waals surface area contributed by atoms with Gasteiger partial charge in [0, 0.05) is 5.56 Å². The molecule has 0 amide bonds. The van der Waals surface area contributed by atoms with E-state index >= 15 is 0 Å². The summed E-state index contributed by atoms with van der Waals surface area (Å²) in [7, 11) is 0. The first-order valence-corrected chi connectivity index (χ1v) is 6.16. The molecule has 0 unspecified atom stereocenters. The van der Waals surface area contributed by atoms with Crippen LogP contribution in [0.1, 0.15) is 12.0 Å². The van der Waals surface area contributed by atoms with Gasteiger partial charge in [-0.25, -0.2) is 8.78 Å². The fourth-order valence-corrected chi connectivity index (χ4v) is 2.23. The van der Waals surface area contributed by atoms with Crippen LogP contribution in [-0.2, 0) is 0 Å². The van der Waals surface area contributed by atoms with Crippen LogP contribution in [0.3, 0.4) is 0 Å². The molecular weight excluding hydrogens is 300 g/mol. The molecule has 18 heavy (non-hydrogen) atoms. The molecule has 0 saturated carbocycles. The molecule has 0 heterocycles. The smallest absolute Gasteiger partial charge is 0.205 e. The molecule has 2 aromatic carbocycles. The molecule has 0 nitrogen and oxygen atoms in total. The lowest BCUT2D eigenvalue weighted by molar-refractivity contribution is 0.152. The van der Waals surface area contributed by atoms with E-state index in [2.05, 4.69) is 0 Å². The topological polar surface area (TPSA) is 0 Å². The molecule has 0 bridgehead atoms. The van der Waals surface area contributed by atoms with E-state index in [1.54, 1.807) is 30.3 Å². The summed E-state index contributed by atoms with van der Waals surface area (Å²) in [5, 5.41) is 0.726. The fourth-order valence-electron chi connectivity index (χ4n) is 1.67. The molecule has 0 fully saturated rings. The molecule has 5 heteroatoms. The first-order valence-electron chi connectivity index (χ1n) is 5.02. The lowest BCUT2D eigenvalue weighted by atomic mass is 10.00. The summed E-state index contributed by atoms with van der Waals surface area (Å²) >= 11 is 17.5. The Bertz CT molecular complexity index is 582. The summed E-state index contributed by atoms with van der Waals surface area (Å²) in [6, 6.07) is 9.37. The quantitative estimate of drug-likeness (QED) is 0.615. The van der Waals surface area contributed by atoms with Gasteiger partial charge in [-0.1, -0.05) is 53.0 Å². The van der Waals surface area contributed by atoms with Crippen molar-refractivity contribution in [3.05, 3.63) is 57.0 Å². The predicted octanol–water partition coefficient (Wildman–Crippen LogP) is 6.25. The summed E-state index contributed by atoms with van der Waals surface area (Å²) in [6.07, 6.45) is -2.65. The summed E-state index contributed by atoms with van der Waals surface area (Å²) in [5.41, 5.74) is 0.718. The van der Waals surface area contributed by atoms with Gasteiger partial charge in [0.05, 0.1) is 15.1 Å². The van der Waals surface area contributed by atoms with E-state index in [9.17, 15) is 8.78 Å². The number of hydrogen-bond acceptors (Lipinski definition) is 0. The maximum Gasteiger partial charge on any atom is 0.265 e. The molecule has 0 atom stereocenters. The molecular formula is C13H7Cl3F2. The monoisotopic (exact) mass is 306 g/mol. The first-order chi connectivity index (χ1) is 8.50. The molecule has 0 N–H and O–H groups in total. The van der Waals surface area contributed by atoms with Gasteiger partial charge >= 0.3 is 0 Å². The molecule has 0 aromatic heterocycles. The van der Waals surface area contributed by atoms with Crippen molar-refractivity contribution in [3.8, 4) is 11.1 Å². The van der Waals surface area contributed by atoms with Crippen LogP contribution < -0.4 is 0 Å². The Kier molecular flexibility index (Phi) is 4.10. The normalized spacial score (nSPS) is 11.0. The van der Waals surface area contributed by atoms with E-state index in [4.69, 9.17) is 34.8 Å². The highest BCUT2D eigenvalue weighted by molar-refractivity contribution is 6.42. The van der Waals surface area contributed by atoms with E-state index in [1.165, 1.54) is 6.07 Å². The minimum Gasteiger partial charge on any atom is -0.205 e. The Balaban J connectivity index is 2.63. The Hall–Kier alpha value is -0.830. The molecule has 0 saturated heterocycles. The van der Waals surface area contributed by atoms with Gasteiger partial charge in [0.15, 0.2) is 0 Å². The van der Waals surface area contributed by atoms with E-state index in [0.29, 0.717) is 21.2 Å². The van der Waals surface area contributed by atoms with E-state index in [-0.39, 0.29) is 10.6 Å². The van der Waals surface area contributed by atoms with Crippen LogP contribution in [0.25, 0.3) is 11.1 Å². The zero-order valence-corrected chi connectivity index (χ0v) is 11.2. The Morgan fingerprint density at radius 1 is 0.833 bits per heavy atom. The molecule has 0 aliphatic heterocycles. The van der Waals surface area contributed by atoms with Crippen molar-refractivity contribution in [1.82, 2.24) is 0 Å². The average Bonchev–Trinajstić information content (AvgIpc) is 2.32. The van der Waals surface area contributed by atoms with Gasteiger partial charge in [-0.3, -0.25) is 0 Å². The van der Waals surface area contributed by atoms with Crippen LogP contribution in [0.15, 0.2) is 36.4 Å². The minimum atomic E-state index is -2.65. The second-order valence-electron chi connectivity index (χ2n) is 3.63.